The summed E-state index contributed by atoms with van der Waals surface area (Å²) in [6.45, 7) is 1.48. The van der Waals surface area contributed by atoms with Crippen molar-refractivity contribution in [2.45, 2.75) is 35.8 Å². The molecule has 2 fully saturated rings. The van der Waals surface area contributed by atoms with Crippen molar-refractivity contribution in [3.05, 3.63) is 71.8 Å². The number of carbonyl (C=O) groups excluding carboxylic acids is 1. The number of fused-ring (bicyclic) bond motifs is 1. The van der Waals surface area contributed by atoms with Crippen molar-refractivity contribution in [3.63, 3.8) is 0 Å². The third-order valence-corrected chi connectivity index (χ3v) is 7.13. The normalized spacial score (nSPS) is 23.4. The number of amides is 2. The second kappa shape index (κ2) is 6.38. The van der Waals surface area contributed by atoms with E-state index in [-0.39, 0.29) is 6.03 Å². The van der Waals surface area contributed by atoms with Gasteiger partial charge in [0.05, 0.1) is 0 Å². The predicted octanol–water partition coefficient (Wildman–Crippen LogP) is 3.42. The average Bonchev–Trinajstić information content (AvgIpc) is 3.15. The van der Waals surface area contributed by atoms with Gasteiger partial charge in [0.1, 0.15) is 0 Å². The van der Waals surface area contributed by atoms with E-state index < -0.39 is 0 Å². The molecule has 0 unspecified atom stereocenters. The van der Waals surface area contributed by atoms with Crippen molar-refractivity contribution < 1.29 is 4.79 Å². The topological polar surface area (TPSA) is 23.6 Å². The van der Waals surface area contributed by atoms with Gasteiger partial charge in [0.25, 0.3) is 0 Å². The molecular formula is C19H20N2OSe. The molecule has 2 aliphatic heterocycles. The van der Waals surface area contributed by atoms with Crippen LogP contribution >= 0.6 is 0 Å². The fourth-order valence-corrected chi connectivity index (χ4v) is 6.49. The maximum absolute atomic E-state index is 13.0. The third kappa shape index (κ3) is 2.89. The summed E-state index contributed by atoms with van der Waals surface area (Å²) < 4.78 is 0. The Labute approximate surface area is 143 Å². The Hall–Kier alpha value is -1.77. The second-order valence-electron chi connectivity index (χ2n) is 6.18. The molecule has 2 saturated heterocycles. The number of carbonyl (C=O) groups is 1. The molecule has 2 aromatic carbocycles. The van der Waals surface area contributed by atoms with Crippen LogP contribution in [0.5, 0.6) is 0 Å². The van der Waals surface area contributed by atoms with Crippen LogP contribution in [0.4, 0.5) is 4.79 Å². The molecule has 0 radical (unpaired) electrons. The van der Waals surface area contributed by atoms with Gasteiger partial charge in [-0.2, -0.15) is 0 Å². The van der Waals surface area contributed by atoms with Gasteiger partial charge in [0.2, 0.25) is 0 Å². The van der Waals surface area contributed by atoms with Gasteiger partial charge in [-0.15, -0.1) is 0 Å². The van der Waals surface area contributed by atoms with Crippen LogP contribution in [0, 0.1) is 0 Å². The van der Waals surface area contributed by atoms with Gasteiger partial charge < -0.3 is 0 Å². The van der Waals surface area contributed by atoms with Crippen molar-refractivity contribution in [2.75, 3.05) is 0 Å². The first-order valence-electron chi connectivity index (χ1n) is 8.06. The van der Waals surface area contributed by atoms with Crippen LogP contribution in [0.1, 0.15) is 11.1 Å². The quantitative estimate of drug-likeness (QED) is 0.756. The second-order valence-corrected chi connectivity index (χ2v) is 8.44. The zero-order valence-electron chi connectivity index (χ0n) is 13.0. The molecule has 2 atom stereocenters. The number of rotatable bonds is 4. The molecule has 4 rings (SSSR count). The zero-order chi connectivity index (χ0) is 15.6. The number of nitrogens with zero attached hydrogens (tertiary/aromatic N) is 2. The van der Waals surface area contributed by atoms with E-state index in [0.29, 0.717) is 27.0 Å². The van der Waals surface area contributed by atoms with Gasteiger partial charge in [-0.3, -0.25) is 0 Å². The van der Waals surface area contributed by atoms with Crippen molar-refractivity contribution in [3.8, 4) is 0 Å². The van der Waals surface area contributed by atoms with Gasteiger partial charge in [0.15, 0.2) is 0 Å². The van der Waals surface area contributed by atoms with E-state index in [1.807, 2.05) is 36.4 Å². The molecule has 0 aromatic heterocycles. The molecular weight excluding hydrogens is 351 g/mol. The summed E-state index contributed by atoms with van der Waals surface area (Å²) in [7, 11) is 0. The van der Waals surface area contributed by atoms with Crippen LogP contribution in [0.25, 0.3) is 0 Å². The summed E-state index contributed by atoms with van der Waals surface area (Å²) in [5.74, 6) is 0. The molecule has 3 nitrogen and oxygen atoms in total. The monoisotopic (exact) mass is 372 g/mol. The van der Waals surface area contributed by atoms with E-state index >= 15 is 0 Å². The first kappa shape index (κ1) is 14.8. The molecule has 4 heteroatoms. The molecule has 0 N–H and O–H groups in total. The molecule has 118 valence electrons. The first-order chi connectivity index (χ1) is 11.3. The van der Waals surface area contributed by atoms with Crippen LogP contribution in [0.2, 0.25) is 10.6 Å². The minimum absolute atomic E-state index is 0.211. The van der Waals surface area contributed by atoms with Crippen LogP contribution < -0.4 is 0 Å². The molecule has 0 saturated carbocycles. The minimum atomic E-state index is 0.211. The molecule has 2 heterocycles. The molecule has 23 heavy (non-hydrogen) atoms. The Morgan fingerprint density at radius 2 is 1.22 bits per heavy atom. The Bertz CT molecular complexity index is 619. The van der Waals surface area contributed by atoms with E-state index in [1.165, 1.54) is 21.8 Å². The van der Waals surface area contributed by atoms with E-state index in [1.54, 1.807) is 0 Å². The standard InChI is InChI=1S/C19H20N2OSe/c22-19-20(11-15-7-3-1-4-8-15)17-13-23-14-18(17)21(19)12-16-9-5-2-6-10-16/h1-10,17-18H,11-14H2/t17-,18+. The van der Waals surface area contributed by atoms with Crippen LogP contribution in [0.3, 0.4) is 0 Å². The summed E-state index contributed by atoms with van der Waals surface area (Å²) in [4.78, 5) is 17.2. The van der Waals surface area contributed by atoms with E-state index in [2.05, 4.69) is 34.1 Å². The van der Waals surface area contributed by atoms with Crippen molar-refractivity contribution >= 4 is 21.0 Å². The summed E-state index contributed by atoms with van der Waals surface area (Å²) >= 11 is 0.667. The molecule has 2 amide bonds. The van der Waals surface area contributed by atoms with Crippen LogP contribution in [-0.2, 0) is 13.1 Å². The average molecular weight is 371 g/mol. The van der Waals surface area contributed by atoms with Gasteiger partial charge >= 0.3 is 143 Å². The number of benzene rings is 2. The van der Waals surface area contributed by atoms with Gasteiger partial charge in [-0.05, 0) is 0 Å². The summed E-state index contributed by atoms with van der Waals surface area (Å²) in [5, 5.41) is 2.39. The Balaban J connectivity index is 1.56. The Kier molecular flexibility index (Phi) is 4.11. The summed E-state index contributed by atoms with van der Waals surface area (Å²) in [6, 6.07) is 21.7. The van der Waals surface area contributed by atoms with Gasteiger partial charge in [-0.1, -0.05) is 0 Å². The number of urea groups is 1. The molecule has 0 spiro atoms. The van der Waals surface area contributed by atoms with Crippen molar-refractivity contribution in [1.29, 1.82) is 0 Å². The number of hydrogen-bond acceptors (Lipinski definition) is 1. The number of hydrogen-bond donors (Lipinski definition) is 0. The SMILES string of the molecule is O=C1N(Cc2ccccc2)[C@@H]2C[Se]C[C@@H]2N1Cc1ccccc1. The summed E-state index contributed by atoms with van der Waals surface area (Å²) in [5.41, 5.74) is 2.45. The fraction of sp³-hybridized carbons (Fsp3) is 0.316. The fourth-order valence-electron chi connectivity index (χ4n) is 3.51. The van der Waals surface area contributed by atoms with E-state index in [9.17, 15) is 4.79 Å². The van der Waals surface area contributed by atoms with Crippen LogP contribution in [-0.4, -0.2) is 42.9 Å². The molecule has 0 bridgehead atoms. The van der Waals surface area contributed by atoms with E-state index in [4.69, 9.17) is 0 Å². The third-order valence-electron chi connectivity index (χ3n) is 4.70. The summed E-state index contributed by atoms with van der Waals surface area (Å²) in [6.07, 6.45) is 0. The Morgan fingerprint density at radius 3 is 1.65 bits per heavy atom. The van der Waals surface area contributed by atoms with Gasteiger partial charge in [-0.25, -0.2) is 0 Å². The predicted molar refractivity (Wildman–Crippen MR) is 92.3 cm³/mol. The van der Waals surface area contributed by atoms with E-state index in [0.717, 1.165) is 13.1 Å². The van der Waals surface area contributed by atoms with Crippen molar-refractivity contribution in [1.82, 2.24) is 9.80 Å². The molecule has 2 aliphatic rings. The Morgan fingerprint density at radius 1 is 0.783 bits per heavy atom. The first-order valence-corrected chi connectivity index (χ1v) is 10.5. The molecule has 2 aromatic rings. The molecule has 0 aliphatic carbocycles. The van der Waals surface area contributed by atoms with Crippen molar-refractivity contribution in [2.24, 2.45) is 0 Å². The van der Waals surface area contributed by atoms with Crippen LogP contribution in [0.15, 0.2) is 60.7 Å². The maximum atomic E-state index is 13.0. The van der Waals surface area contributed by atoms with Gasteiger partial charge in [0, 0.05) is 0 Å². The zero-order valence-corrected chi connectivity index (χ0v) is 14.7.